The van der Waals surface area contributed by atoms with E-state index < -0.39 is 0 Å². The second-order valence-electron chi connectivity index (χ2n) is 5.81. The summed E-state index contributed by atoms with van der Waals surface area (Å²) in [6, 6.07) is 7.42. The van der Waals surface area contributed by atoms with Crippen LogP contribution in [-0.2, 0) is 0 Å². The van der Waals surface area contributed by atoms with Crippen molar-refractivity contribution in [2.45, 2.75) is 20.8 Å². The maximum atomic E-state index is 12.3. The molecule has 2 heterocycles. The number of aromatic nitrogens is 1. The van der Waals surface area contributed by atoms with Crippen LogP contribution in [-0.4, -0.2) is 23.7 Å². The number of carbonyl (C=O) groups is 2. The molecule has 2 N–H and O–H groups in total. The number of hydrogen-bond acceptors (Lipinski definition) is 6. The first-order chi connectivity index (χ1) is 11.8. The smallest absolute Gasteiger partial charge is 0.171 e. The molecule has 128 valence electrons. The molecule has 2 aromatic heterocycles. The molecule has 0 bridgehead atoms. The van der Waals surface area contributed by atoms with Gasteiger partial charge in [-0.1, -0.05) is 12.1 Å². The minimum atomic E-state index is -0.108. The maximum Gasteiger partial charge on any atom is 0.171 e. The quantitative estimate of drug-likeness (QED) is 0.708. The first-order valence-electron chi connectivity index (χ1n) is 7.74. The van der Waals surface area contributed by atoms with E-state index in [1.807, 2.05) is 24.3 Å². The molecule has 0 aliphatic rings. The van der Waals surface area contributed by atoms with Gasteiger partial charge in [0.15, 0.2) is 11.6 Å². The lowest BCUT2D eigenvalue weighted by Crippen LogP contribution is -2.04. The summed E-state index contributed by atoms with van der Waals surface area (Å²) in [6.45, 7) is 4.79. The van der Waals surface area contributed by atoms with Gasteiger partial charge in [0.05, 0.1) is 23.4 Å². The lowest BCUT2D eigenvalue weighted by atomic mass is 9.93. The highest BCUT2D eigenvalue weighted by atomic mass is 32.1. The Morgan fingerprint density at radius 2 is 1.76 bits per heavy atom. The van der Waals surface area contributed by atoms with Crippen molar-refractivity contribution >= 4 is 38.8 Å². The lowest BCUT2D eigenvalue weighted by Gasteiger charge is -2.13. The average Bonchev–Trinajstić information content (AvgIpc) is 2.90. The van der Waals surface area contributed by atoms with Crippen LogP contribution in [0, 0.1) is 6.92 Å². The molecular formula is C19H18N2O3S. The van der Waals surface area contributed by atoms with Gasteiger partial charge in [-0.15, -0.1) is 11.3 Å². The summed E-state index contributed by atoms with van der Waals surface area (Å²) in [6.07, 6.45) is 0. The number of anilines is 1. The Balaban J connectivity index is 2.45. The Bertz CT molecular complexity index is 1000. The van der Waals surface area contributed by atoms with E-state index in [0.29, 0.717) is 32.0 Å². The molecule has 0 saturated heterocycles. The summed E-state index contributed by atoms with van der Waals surface area (Å²) in [5.74, 6) is 0.522. The van der Waals surface area contributed by atoms with Crippen molar-refractivity contribution in [1.29, 1.82) is 0 Å². The second-order valence-corrected chi connectivity index (χ2v) is 6.81. The van der Waals surface area contributed by atoms with Crippen molar-refractivity contribution in [3.63, 3.8) is 0 Å². The van der Waals surface area contributed by atoms with Gasteiger partial charge in [-0.2, -0.15) is 0 Å². The minimum Gasteiger partial charge on any atom is -0.497 e. The Morgan fingerprint density at radius 3 is 2.28 bits per heavy atom. The summed E-state index contributed by atoms with van der Waals surface area (Å²) >= 11 is 1.26. The highest BCUT2D eigenvalue weighted by Gasteiger charge is 2.24. The number of rotatable bonds is 4. The SMILES string of the molecule is COc1ccc(-c2c(C(C)=O)c(C)nc3sc(C(C)=O)c(N)c23)cc1. The molecule has 0 radical (unpaired) electrons. The monoisotopic (exact) mass is 354 g/mol. The lowest BCUT2D eigenvalue weighted by molar-refractivity contribution is 0.101. The van der Waals surface area contributed by atoms with E-state index in [1.165, 1.54) is 25.2 Å². The highest BCUT2D eigenvalue weighted by molar-refractivity contribution is 7.21. The number of benzene rings is 1. The molecule has 0 aliphatic carbocycles. The highest BCUT2D eigenvalue weighted by Crippen LogP contribution is 2.42. The zero-order valence-corrected chi connectivity index (χ0v) is 15.3. The van der Waals surface area contributed by atoms with Crippen molar-refractivity contribution in [2.24, 2.45) is 0 Å². The Morgan fingerprint density at radius 1 is 1.12 bits per heavy atom. The van der Waals surface area contributed by atoms with E-state index in [2.05, 4.69) is 4.98 Å². The number of ketones is 2. The summed E-state index contributed by atoms with van der Waals surface area (Å²) in [5.41, 5.74) is 9.36. The number of methoxy groups -OCH3 is 1. The minimum absolute atomic E-state index is 0.0901. The molecule has 0 aliphatic heterocycles. The molecule has 5 nitrogen and oxygen atoms in total. The number of thiophene rings is 1. The molecule has 6 heteroatoms. The second kappa shape index (κ2) is 6.29. The number of nitrogen functional groups attached to an aromatic ring is 1. The van der Waals surface area contributed by atoms with Gasteiger partial charge in [0.25, 0.3) is 0 Å². The first kappa shape index (κ1) is 17.1. The molecule has 25 heavy (non-hydrogen) atoms. The molecule has 0 fully saturated rings. The number of fused-ring (bicyclic) bond motifs is 1. The fraction of sp³-hybridized carbons (Fsp3) is 0.211. The van der Waals surface area contributed by atoms with Crippen LogP contribution in [0.2, 0.25) is 0 Å². The van der Waals surface area contributed by atoms with Gasteiger partial charge in [0.2, 0.25) is 0 Å². The number of nitrogens with two attached hydrogens (primary N) is 1. The van der Waals surface area contributed by atoms with Crippen molar-refractivity contribution in [3.05, 3.63) is 40.4 Å². The number of nitrogens with zero attached hydrogens (tertiary/aromatic N) is 1. The fourth-order valence-electron chi connectivity index (χ4n) is 3.00. The summed E-state index contributed by atoms with van der Waals surface area (Å²) in [7, 11) is 1.60. The van der Waals surface area contributed by atoms with Gasteiger partial charge in [-0.25, -0.2) is 4.98 Å². The van der Waals surface area contributed by atoms with Gasteiger partial charge in [0, 0.05) is 23.4 Å². The molecule has 0 unspecified atom stereocenters. The average molecular weight is 354 g/mol. The molecule has 0 spiro atoms. The van der Waals surface area contributed by atoms with E-state index in [1.54, 1.807) is 14.0 Å². The van der Waals surface area contributed by atoms with Crippen molar-refractivity contribution < 1.29 is 14.3 Å². The Hall–Kier alpha value is -2.73. The van der Waals surface area contributed by atoms with Crippen LogP contribution in [0.4, 0.5) is 5.69 Å². The van der Waals surface area contributed by atoms with Crippen LogP contribution in [0.15, 0.2) is 24.3 Å². The summed E-state index contributed by atoms with van der Waals surface area (Å²) < 4.78 is 5.21. The van der Waals surface area contributed by atoms with Crippen LogP contribution in [0.3, 0.4) is 0 Å². The number of aryl methyl sites for hydroxylation is 1. The number of carbonyl (C=O) groups excluding carboxylic acids is 2. The third kappa shape index (κ3) is 2.78. The molecule has 1 aromatic carbocycles. The van der Waals surface area contributed by atoms with E-state index in [-0.39, 0.29) is 11.6 Å². The van der Waals surface area contributed by atoms with Crippen molar-refractivity contribution in [3.8, 4) is 16.9 Å². The van der Waals surface area contributed by atoms with Crippen LogP contribution < -0.4 is 10.5 Å². The molecule has 3 aromatic rings. The molecule has 0 amide bonds. The number of ether oxygens (including phenoxy) is 1. The fourth-order valence-corrected chi connectivity index (χ4v) is 4.05. The van der Waals surface area contributed by atoms with Gasteiger partial charge >= 0.3 is 0 Å². The molecule has 0 atom stereocenters. The third-order valence-corrected chi connectivity index (χ3v) is 5.31. The maximum absolute atomic E-state index is 12.3. The van der Waals surface area contributed by atoms with Crippen molar-refractivity contribution in [2.75, 3.05) is 12.8 Å². The van der Waals surface area contributed by atoms with Crippen molar-refractivity contribution in [1.82, 2.24) is 4.98 Å². The largest absolute Gasteiger partial charge is 0.497 e. The van der Waals surface area contributed by atoms with Gasteiger partial charge < -0.3 is 10.5 Å². The van der Waals surface area contributed by atoms with Crippen LogP contribution in [0.5, 0.6) is 5.75 Å². The molecule has 0 saturated carbocycles. The first-order valence-corrected chi connectivity index (χ1v) is 8.55. The zero-order valence-electron chi connectivity index (χ0n) is 14.5. The van der Waals surface area contributed by atoms with Crippen LogP contribution >= 0.6 is 11.3 Å². The number of pyridine rings is 1. The number of hydrogen-bond donors (Lipinski definition) is 1. The van der Waals surface area contributed by atoms with Gasteiger partial charge in [-0.3, -0.25) is 9.59 Å². The van der Waals surface area contributed by atoms with E-state index >= 15 is 0 Å². The topological polar surface area (TPSA) is 82.3 Å². The van der Waals surface area contributed by atoms with Crippen LogP contribution in [0.25, 0.3) is 21.3 Å². The Kier molecular flexibility index (Phi) is 4.30. The molecule has 3 rings (SSSR count). The molecular weight excluding hydrogens is 336 g/mol. The third-order valence-electron chi connectivity index (χ3n) is 4.11. The van der Waals surface area contributed by atoms with Gasteiger partial charge in [0.1, 0.15) is 10.6 Å². The summed E-state index contributed by atoms with van der Waals surface area (Å²) in [5, 5.41) is 0.663. The zero-order chi connectivity index (χ0) is 18.3. The normalized spacial score (nSPS) is 10.9. The standard InChI is InChI=1S/C19H18N2O3S/c1-9-14(10(2)22)15(12-5-7-13(24-4)8-6-12)16-17(20)18(11(3)23)25-19(16)21-9/h5-8H,20H2,1-4H3. The van der Waals surface area contributed by atoms with E-state index in [0.717, 1.165) is 16.9 Å². The van der Waals surface area contributed by atoms with Gasteiger partial charge in [-0.05, 0) is 31.5 Å². The van der Waals surface area contributed by atoms with Crippen LogP contribution in [0.1, 0.15) is 39.6 Å². The number of Topliss-reactive ketones (excluding diaryl/α,β-unsaturated/α-hetero) is 2. The Labute approximate surface area is 149 Å². The summed E-state index contributed by atoms with van der Waals surface area (Å²) in [4.78, 5) is 29.9. The predicted molar refractivity (Wildman–Crippen MR) is 101 cm³/mol. The van der Waals surface area contributed by atoms with E-state index in [4.69, 9.17) is 10.5 Å². The predicted octanol–water partition coefficient (Wildman–Crippen LogP) is 4.27. The van der Waals surface area contributed by atoms with E-state index in [9.17, 15) is 9.59 Å².